The van der Waals surface area contributed by atoms with Gasteiger partial charge in [-0.05, 0) is 18.9 Å². The molecule has 0 unspecified atom stereocenters. The van der Waals surface area contributed by atoms with Gasteiger partial charge in [-0.25, -0.2) is 0 Å². The highest BCUT2D eigenvalue weighted by molar-refractivity contribution is 5.79. The quantitative estimate of drug-likeness (QED) is 0.582. The molecule has 4 heteroatoms. The van der Waals surface area contributed by atoms with Crippen LogP contribution in [-0.2, 0) is 13.1 Å². The lowest BCUT2D eigenvalue weighted by molar-refractivity contribution is -0.815. The topological polar surface area (TPSA) is 48.2 Å². The molecular formula is C13H14N2O2+2. The third kappa shape index (κ3) is 1.66. The summed E-state index contributed by atoms with van der Waals surface area (Å²) in [4.78, 5) is 0. The molecule has 0 radical (unpaired) electrons. The van der Waals surface area contributed by atoms with E-state index in [0.29, 0.717) is 17.4 Å². The largest absolute Gasteiger partial charge is 0.632 e. The van der Waals surface area contributed by atoms with Gasteiger partial charge in [-0.1, -0.05) is 21.3 Å². The molecule has 1 heterocycles. The maximum atomic E-state index is 10.1. The summed E-state index contributed by atoms with van der Waals surface area (Å²) >= 11 is 0. The Bertz CT molecular complexity index is 615. The van der Waals surface area contributed by atoms with E-state index in [9.17, 15) is 10.2 Å². The van der Waals surface area contributed by atoms with Crippen LogP contribution in [0.25, 0.3) is 10.9 Å². The Morgan fingerprint density at radius 2 is 1.94 bits per heavy atom. The molecule has 1 aromatic carbocycles. The summed E-state index contributed by atoms with van der Waals surface area (Å²) in [5.41, 5.74) is 0.713. The summed E-state index contributed by atoms with van der Waals surface area (Å²) in [6.07, 6.45) is 5.30. The number of nitrogens with zero attached hydrogens (tertiary/aromatic N) is 2. The molecule has 86 valence electrons. The molecule has 2 aromatic rings. The Hall–Kier alpha value is -2.28. The summed E-state index contributed by atoms with van der Waals surface area (Å²) in [7, 11) is 0. The third-order valence-electron chi connectivity index (χ3n) is 2.74. The van der Waals surface area contributed by atoms with Gasteiger partial charge in [-0.2, -0.15) is 0 Å². The smallest absolute Gasteiger partial charge is 0.459 e. The first-order valence-electron chi connectivity index (χ1n) is 5.40. The first-order valence-corrected chi connectivity index (χ1v) is 5.40. The van der Waals surface area contributed by atoms with E-state index in [4.69, 9.17) is 6.42 Å². The number of fused-ring (bicyclic) bond motifs is 1. The van der Waals surface area contributed by atoms with E-state index < -0.39 is 0 Å². The summed E-state index contributed by atoms with van der Waals surface area (Å²) in [5, 5.41) is 20.8. The fourth-order valence-corrected chi connectivity index (χ4v) is 1.93. The number of aromatic hydroxyl groups is 2. The zero-order valence-corrected chi connectivity index (χ0v) is 9.59. The summed E-state index contributed by atoms with van der Waals surface area (Å²) in [6, 6.07) is 7.24. The Balaban J connectivity index is 2.91. The van der Waals surface area contributed by atoms with E-state index in [-0.39, 0.29) is 18.4 Å². The normalized spacial score (nSPS) is 10.4. The van der Waals surface area contributed by atoms with Crippen molar-refractivity contribution in [2.45, 2.75) is 20.0 Å². The lowest BCUT2D eigenvalue weighted by atomic mass is 10.2. The Morgan fingerprint density at radius 3 is 2.59 bits per heavy atom. The van der Waals surface area contributed by atoms with Gasteiger partial charge >= 0.3 is 11.9 Å². The maximum Gasteiger partial charge on any atom is 0.632 e. The zero-order valence-electron chi connectivity index (χ0n) is 9.59. The lowest BCUT2D eigenvalue weighted by Gasteiger charge is -2.01. The Labute approximate surface area is 99.4 Å². The molecule has 0 aliphatic heterocycles. The molecule has 0 atom stereocenters. The molecule has 0 saturated carbocycles. The predicted octanol–water partition coefficient (Wildman–Crippen LogP) is 0.479. The average Bonchev–Trinajstić information content (AvgIpc) is 2.35. The van der Waals surface area contributed by atoms with Gasteiger partial charge in [0.25, 0.3) is 0 Å². The van der Waals surface area contributed by atoms with Gasteiger partial charge in [0.2, 0.25) is 12.1 Å². The van der Waals surface area contributed by atoms with Crippen molar-refractivity contribution in [3.8, 4) is 24.2 Å². The fourth-order valence-electron chi connectivity index (χ4n) is 1.93. The number of aromatic nitrogens is 2. The summed E-state index contributed by atoms with van der Waals surface area (Å²) in [6.45, 7) is 2.56. The van der Waals surface area contributed by atoms with Crippen LogP contribution in [0.3, 0.4) is 0 Å². The SMILES string of the molecule is C#CC[n+]1c(O)[n+](CC)c(O)c2ccccc21. The highest BCUT2D eigenvalue weighted by Crippen LogP contribution is 2.19. The first kappa shape index (κ1) is 11.2. The van der Waals surface area contributed by atoms with Crippen molar-refractivity contribution in [1.29, 1.82) is 0 Å². The van der Waals surface area contributed by atoms with Crippen molar-refractivity contribution in [3.05, 3.63) is 24.3 Å². The van der Waals surface area contributed by atoms with Crippen molar-refractivity contribution in [2.75, 3.05) is 0 Å². The van der Waals surface area contributed by atoms with Crippen LogP contribution in [0.1, 0.15) is 6.92 Å². The maximum absolute atomic E-state index is 10.1. The molecular weight excluding hydrogens is 216 g/mol. The van der Waals surface area contributed by atoms with Crippen LogP contribution in [0.15, 0.2) is 24.3 Å². The zero-order chi connectivity index (χ0) is 12.4. The predicted molar refractivity (Wildman–Crippen MR) is 62.2 cm³/mol. The van der Waals surface area contributed by atoms with Crippen LogP contribution in [0, 0.1) is 12.3 Å². The van der Waals surface area contributed by atoms with Crippen molar-refractivity contribution >= 4 is 10.9 Å². The average molecular weight is 230 g/mol. The number of benzene rings is 1. The third-order valence-corrected chi connectivity index (χ3v) is 2.74. The number of rotatable bonds is 2. The minimum atomic E-state index is -0.0401. The van der Waals surface area contributed by atoms with Crippen LogP contribution in [-0.4, -0.2) is 10.2 Å². The Morgan fingerprint density at radius 1 is 1.24 bits per heavy atom. The molecule has 0 fully saturated rings. The molecule has 2 N–H and O–H groups in total. The van der Waals surface area contributed by atoms with Crippen molar-refractivity contribution in [1.82, 2.24) is 0 Å². The fraction of sp³-hybridized carbons (Fsp3) is 0.231. The standard InChI is InChI=1S/C13H12N2O2/c1-3-9-15-11-8-6-5-7-10(11)12(16)14(4-2)13(15)17/h1,5-8H,4,9H2,2H3/p+2. The highest BCUT2D eigenvalue weighted by atomic mass is 16.3. The molecule has 0 aliphatic rings. The van der Waals surface area contributed by atoms with Gasteiger partial charge in [-0.15, -0.1) is 6.42 Å². The first-order chi connectivity index (χ1) is 8.20. The summed E-state index contributed by atoms with van der Waals surface area (Å²) in [5.74, 6) is 2.55. The molecule has 1 aromatic heterocycles. The molecule has 0 bridgehead atoms. The van der Waals surface area contributed by atoms with E-state index in [2.05, 4.69) is 5.92 Å². The van der Waals surface area contributed by atoms with E-state index >= 15 is 0 Å². The van der Waals surface area contributed by atoms with Gasteiger partial charge in [0.15, 0.2) is 11.9 Å². The van der Waals surface area contributed by atoms with Crippen molar-refractivity contribution in [3.63, 3.8) is 0 Å². The van der Waals surface area contributed by atoms with Gasteiger partial charge in [0.1, 0.15) is 0 Å². The van der Waals surface area contributed by atoms with Gasteiger partial charge < -0.3 is 10.2 Å². The highest BCUT2D eigenvalue weighted by Gasteiger charge is 2.31. The molecule has 17 heavy (non-hydrogen) atoms. The van der Waals surface area contributed by atoms with Crippen LogP contribution in [0.5, 0.6) is 11.9 Å². The van der Waals surface area contributed by atoms with E-state index in [1.165, 1.54) is 4.57 Å². The minimum absolute atomic E-state index is 0.0401. The van der Waals surface area contributed by atoms with Crippen molar-refractivity contribution < 1.29 is 19.3 Å². The lowest BCUT2D eigenvalue weighted by Crippen LogP contribution is -2.47. The monoisotopic (exact) mass is 230 g/mol. The van der Waals surface area contributed by atoms with Gasteiger partial charge in [-0.3, -0.25) is 0 Å². The number of hydrogen-bond acceptors (Lipinski definition) is 2. The van der Waals surface area contributed by atoms with Crippen molar-refractivity contribution in [2.24, 2.45) is 0 Å². The number of para-hydroxylation sites is 1. The molecule has 0 spiro atoms. The van der Waals surface area contributed by atoms with Gasteiger partial charge in [0, 0.05) is 6.07 Å². The summed E-state index contributed by atoms with van der Waals surface area (Å²) < 4.78 is 3.01. The van der Waals surface area contributed by atoms with E-state index in [1.807, 2.05) is 25.1 Å². The number of hydrogen-bond donors (Lipinski definition) is 2. The second kappa shape index (κ2) is 4.30. The van der Waals surface area contributed by atoms with Gasteiger partial charge in [0.05, 0.1) is 0 Å². The van der Waals surface area contributed by atoms with E-state index in [1.54, 1.807) is 10.6 Å². The number of terminal acetylenes is 1. The van der Waals surface area contributed by atoms with Crippen LogP contribution < -0.4 is 9.13 Å². The van der Waals surface area contributed by atoms with Crippen LogP contribution in [0.4, 0.5) is 0 Å². The Kier molecular flexibility index (Phi) is 2.84. The van der Waals surface area contributed by atoms with E-state index in [0.717, 1.165) is 0 Å². The second-order valence-corrected chi connectivity index (χ2v) is 3.68. The van der Waals surface area contributed by atoms with Crippen LogP contribution in [0.2, 0.25) is 0 Å². The van der Waals surface area contributed by atoms with Crippen LogP contribution >= 0.6 is 0 Å². The molecule has 0 aliphatic carbocycles. The molecule has 0 amide bonds. The molecule has 2 rings (SSSR count). The molecule has 0 saturated heterocycles. The molecule has 4 nitrogen and oxygen atoms in total. The second-order valence-electron chi connectivity index (χ2n) is 3.68. The minimum Gasteiger partial charge on any atom is -0.459 e.